The van der Waals surface area contributed by atoms with Crippen molar-refractivity contribution in [2.45, 2.75) is 16.6 Å². The number of alkyl halides is 2. The number of aromatic nitrogens is 4. The molecule has 0 saturated heterocycles. The second kappa shape index (κ2) is 2.99. The zero-order chi connectivity index (χ0) is 10.4. The molecule has 1 fully saturated rings. The number of tetrazole rings is 1. The minimum Gasteiger partial charge on any atom is -0.861 e. The molecule has 1 aromatic rings. The number of hydrogen-bond acceptors (Lipinski definition) is 5. The van der Waals surface area contributed by atoms with E-state index in [0.29, 0.717) is 6.42 Å². The highest BCUT2D eigenvalue weighted by molar-refractivity contribution is 9.25. The van der Waals surface area contributed by atoms with E-state index in [1.165, 1.54) is 0 Å². The first kappa shape index (κ1) is 10.0. The van der Waals surface area contributed by atoms with Crippen LogP contribution in [0, 0.1) is 5.41 Å². The third kappa shape index (κ3) is 1.46. The summed E-state index contributed by atoms with van der Waals surface area (Å²) in [6.45, 7) is 1.82. The number of halogens is 2. The first-order chi connectivity index (χ1) is 6.46. The first-order valence-corrected chi connectivity index (χ1v) is 5.42. The third-order valence-corrected chi connectivity index (χ3v) is 4.58. The van der Waals surface area contributed by atoms with Gasteiger partial charge in [-0.15, -0.1) is 5.10 Å². The molecule has 0 radical (unpaired) electrons. The van der Waals surface area contributed by atoms with Gasteiger partial charge in [0.05, 0.1) is 3.23 Å². The van der Waals surface area contributed by atoms with Crippen molar-refractivity contribution in [1.29, 1.82) is 0 Å². The molecule has 1 aliphatic rings. The summed E-state index contributed by atoms with van der Waals surface area (Å²) < 4.78 is -0.336. The zero-order valence-corrected chi connectivity index (χ0v) is 10.3. The lowest BCUT2D eigenvalue weighted by molar-refractivity contribution is -0.224. The Bertz CT molecular complexity index is 376. The van der Waals surface area contributed by atoms with Gasteiger partial charge in [0.2, 0.25) is 0 Å². The van der Waals surface area contributed by atoms with Crippen molar-refractivity contribution in [2.75, 3.05) is 0 Å². The maximum absolute atomic E-state index is 11.7. The van der Waals surface area contributed by atoms with E-state index in [4.69, 9.17) is 0 Å². The molecule has 2 rings (SSSR count). The van der Waals surface area contributed by atoms with Gasteiger partial charge >= 0.3 is 0 Å². The first-order valence-electron chi connectivity index (χ1n) is 3.83. The Labute approximate surface area is 96.4 Å². The van der Waals surface area contributed by atoms with Crippen LogP contribution in [0.5, 0.6) is 0 Å². The molecule has 8 heteroatoms. The standard InChI is InChI=1S/C6H7Br2N5O/c1-5(2-6(5,7)8)3(14)9-4-10-12-13-11-4/h2H2,1H3,(H2,9,10,11,12,13,14)/p-1/t5-/m1/s1. The second-order valence-corrected chi connectivity index (χ2v) is 7.11. The summed E-state index contributed by atoms with van der Waals surface area (Å²) >= 11 is 6.77. The largest absolute Gasteiger partial charge is 0.861 e. The Morgan fingerprint density at radius 1 is 1.64 bits per heavy atom. The van der Waals surface area contributed by atoms with Gasteiger partial charge in [-0.05, 0) is 17.5 Å². The molecule has 0 aromatic carbocycles. The fourth-order valence-corrected chi connectivity index (χ4v) is 2.51. The van der Waals surface area contributed by atoms with E-state index in [0.717, 1.165) is 0 Å². The molecule has 0 amide bonds. The third-order valence-electron chi connectivity index (χ3n) is 2.27. The number of aromatic amines is 1. The monoisotopic (exact) mass is 322 g/mol. The predicted octanol–water partition coefficient (Wildman–Crippen LogP) is 0.486. The van der Waals surface area contributed by atoms with E-state index in [1.54, 1.807) is 0 Å². The van der Waals surface area contributed by atoms with Crippen molar-refractivity contribution in [2.24, 2.45) is 10.4 Å². The summed E-state index contributed by atoms with van der Waals surface area (Å²) in [5.41, 5.74) is -0.520. The molecule has 76 valence electrons. The van der Waals surface area contributed by atoms with E-state index in [1.807, 2.05) is 6.92 Å². The molecule has 14 heavy (non-hydrogen) atoms. The molecule has 6 nitrogen and oxygen atoms in total. The maximum atomic E-state index is 11.7. The Hall–Kier alpha value is -0.500. The van der Waals surface area contributed by atoms with Gasteiger partial charge < -0.3 is 5.11 Å². The highest BCUT2D eigenvalue weighted by atomic mass is 79.9. The van der Waals surface area contributed by atoms with Crippen LogP contribution >= 0.6 is 31.9 Å². The van der Waals surface area contributed by atoms with Gasteiger partial charge in [-0.3, -0.25) is 0 Å². The Morgan fingerprint density at radius 3 is 2.71 bits per heavy atom. The molecule has 1 heterocycles. The predicted molar refractivity (Wildman–Crippen MR) is 54.6 cm³/mol. The summed E-state index contributed by atoms with van der Waals surface area (Å²) in [4.78, 5) is 3.73. The minimum atomic E-state index is -0.520. The fraction of sp³-hybridized carbons (Fsp3) is 0.667. The van der Waals surface area contributed by atoms with Gasteiger partial charge in [-0.25, -0.2) is 4.99 Å². The quantitative estimate of drug-likeness (QED) is 0.487. The van der Waals surface area contributed by atoms with Crippen LogP contribution in [0.25, 0.3) is 0 Å². The molecule has 0 spiro atoms. The van der Waals surface area contributed by atoms with Crippen molar-refractivity contribution in [3.05, 3.63) is 0 Å². The Morgan fingerprint density at radius 2 is 2.29 bits per heavy atom. The molecule has 0 bridgehead atoms. The van der Waals surface area contributed by atoms with Crippen LogP contribution in [-0.4, -0.2) is 29.8 Å². The number of rotatable bonds is 2. The van der Waals surface area contributed by atoms with E-state index in [-0.39, 0.29) is 15.1 Å². The molecule has 0 unspecified atom stereocenters. The van der Waals surface area contributed by atoms with Gasteiger partial charge in [0.25, 0.3) is 5.95 Å². The number of aliphatic imine (C=N–C) groups is 1. The lowest BCUT2D eigenvalue weighted by Gasteiger charge is -2.19. The number of nitrogens with zero attached hydrogens (tertiary/aromatic N) is 4. The highest BCUT2D eigenvalue weighted by Gasteiger charge is 2.62. The number of hydrogen-bond donors (Lipinski definition) is 1. The molecular formula is C6H6Br2N5O-. The SMILES string of the molecule is C[C@]1(C([O-])=Nc2nn[nH]n2)CC1(Br)Br. The Kier molecular flexibility index (Phi) is 2.15. The molecule has 1 aromatic heterocycles. The molecule has 1 atom stereocenters. The van der Waals surface area contributed by atoms with Gasteiger partial charge in [0, 0.05) is 5.41 Å². The highest BCUT2D eigenvalue weighted by Crippen LogP contribution is 2.66. The molecule has 1 saturated carbocycles. The summed E-state index contributed by atoms with van der Waals surface area (Å²) in [6, 6.07) is 0. The van der Waals surface area contributed by atoms with Crippen molar-refractivity contribution < 1.29 is 5.11 Å². The van der Waals surface area contributed by atoms with Crippen LogP contribution in [0.4, 0.5) is 5.95 Å². The van der Waals surface area contributed by atoms with Crippen molar-refractivity contribution in [3.8, 4) is 0 Å². The van der Waals surface area contributed by atoms with Gasteiger partial charge in [-0.1, -0.05) is 43.9 Å². The molecular weight excluding hydrogens is 318 g/mol. The topological polar surface area (TPSA) is 89.9 Å². The normalized spacial score (nSPS) is 30.4. The van der Waals surface area contributed by atoms with Crippen LogP contribution in [0.1, 0.15) is 13.3 Å². The molecule has 1 aliphatic carbocycles. The molecule has 1 N–H and O–H groups in total. The smallest absolute Gasteiger partial charge is 0.287 e. The lowest BCUT2D eigenvalue weighted by Crippen LogP contribution is -2.30. The average Bonchev–Trinajstić information content (AvgIpc) is 2.54. The van der Waals surface area contributed by atoms with E-state index in [9.17, 15) is 5.11 Å². The van der Waals surface area contributed by atoms with Gasteiger partial charge in [0.15, 0.2) is 0 Å². The fourth-order valence-electron chi connectivity index (χ4n) is 1.05. The number of H-pyrrole nitrogens is 1. The summed E-state index contributed by atoms with van der Waals surface area (Å²) in [5, 5.41) is 24.4. The van der Waals surface area contributed by atoms with E-state index < -0.39 is 5.41 Å². The second-order valence-electron chi connectivity index (χ2n) is 3.34. The van der Waals surface area contributed by atoms with Crippen LogP contribution < -0.4 is 5.11 Å². The maximum Gasteiger partial charge on any atom is 0.287 e. The average molecular weight is 324 g/mol. The van der Waals surface area contributed by atoms with Gasteiger partial charge in [-0.2, -0.15) is 5.21 Å². The Balaban J connectivity index is 2.22. The van der Waals surface area contributed by atoms with Crippen LogP contribution in [-0.2, 0) is 0 Å². The van der Waals surface area contributed by atoms with Crippen molar-refractivity contribution >= 4 is 43.7 Å². The van der Waals surface area contributed by atoms with Crippen LogP contribution in [0.3, 0.4) is 0 Å². The van der Waals surface area contributed by atoms with E-state index >= 15 is 0 Å². The van der Waals surface area contributed by atoms with Crippen LogP contribution in [0.2, 0.25) is 0 Å². The molecule has 0 aliphatic heterocycles. The van der Waals surface area contributed by atoms with E-state index in [2.05, 4.69) is 57.5 Å². The minimum absolute atomic E-state index is 0.0684. The summed E-state index contributed by atoms with van der Waals surface area (Å²) in [6.07, 6.45) is 0.695. The number of nitrogens with one attached hydrogen (secondary N) is 1. The van der Waals surface area contributed by atoms with Crippen molar-refractivity contribution in [1.82, 2.24) is 20.6 Å². The summed E-state index contributed by atoms with van der Waals surface area (Å²) in [5.74, 6) is -0.188. The van der Waals surface area contributed by atoms with Gasteiger partial charge in [0.1, 0.15) is 0 Å². The zero-order valence-electron chi connectivity index (χ0n) is 7.16. The lowest BCUT2D eigenvalue weighted by atomic mass is 10.1. The summed E-state index contributed by atoms with van der Waals surface area (Å²) in [7, 11) is 0. The van der Waals surface area contributed by atoms with Crippen molar-refractivity contribution in [3.63, 3.8) is 0 Å². The van der Waals surface area contributed by atoms with Crippen LogP contribution in [0.15, 0.2) is 4.99 Å².